The van der Waals surface area contributed by atoms with E-state index in [0.29, 0.717) is 24.2 Å². The number of halogens is 2. The molecule has 0 heterocycles. The number of ether oxygens (including phenoxy) is 2. The fourth-order valence-corrected chi connectivity index (χ4v) is 7.08. The summed E-state index contributed by atoms with van der Waals surface area (Å²) in [5.74, 6) is -0.576. The molecule has 0 spiro atoms. The van der Waals surface area contributed by atoms with Gasteiger partial charge in [-0.1, -0.05) is 12.0 Å². The molecule has 0 aromatic rings. The molecule has 0 aromatic carbocycles. The maximum Gasteiger partial charge on any atom is 0.415 e. The molecule has 0 aromatic heterocycles. The Bertz CT molecular complexity index is 681. The van der Waals surface area contributed by atoms with Crippen molar-refractivity contribution < 1.29 is 42.5 Å². The van der Waals surface area contributed by atoms with Gasteiger partial charge in [0.15, 0.2) is 0 Å². The zero-order chi connectivity index (χ0) is 22.3. The van der Waals surface area contributed by atoms with Gasteiger partial charge in [-0.3, -0.25) is 4.79 Å². The lowest BCUT2D eigenvalue weighted by Gasteiger charge is -2.61. The van der Waals surface area contributed by atoms with E-state index >= 15 is 0 Å². The fraction of sp³-hybridized carbons (Fsp3) is 0.905. The van der Waals surface area contributed by atoms with Crippen LogP contribution < -0.4 is 0 Å². The van der Waals surface area contributed by atoms with Gasteiger partial charge in [-0.15, -0.1) is 4.33 Å². The molecule has 5 rings (SSSR count). The smallest absolute Gasteiger partial charge is 0.415 e. The molecule has 7 nitrogen and oxygen atoms in total. The van der Waals surface area contributed by atoms with Crippen LogP contribution in [0.25, 0.3) is 0 Å². The molecule has 5 aliphatic carbocycles. The van der Waals surface area contributed by atoms with Gasteiger partial charge in [-0.25, -0.2) is 10.1 Å². The number of esters is 2. The van der Waals surface area contributed by atoms with Gasteiger partial charge in [0.25, 0.3) is 0 Å². The number of carbonyl (C=O) groups is 2. The first kappa shape index (κ1) is 23.2. The Morgan fingerprint density at radius 2 is 1.74 bits per heavy atom. The van der Waals surface area contributed by atoms with Gasteiger partial charge in [-0.05, 0) is 82.0 Å². The molecule has 2 atom stereocenters. The third kappa shape index (κ3) is 5.02. The van der Waals surface area contributed by atoms with Gasteiger partial charge in [0.1, 0.15) is 17.6 Å². The van der Waals surface area contributed by atoms with Crippen LogP contribution >= 0.6 is 12.0 Å². The number of hydrogen-bond donors (Lipinski definition) is 1. The number of hydrogen-bond acceptors (Lipinski definition) is 8. The minimum Gasteiger partial charge on any atom is -0.460 e. The molecule has 0 amide bonds. The van der Waals surface area contributed by atoms with Crippen LogP contribution in [0, 0.1) is 29.1 Å². The van der Waals surface area contributed by atoms with E-state index in [1.807, 2.05) is 0 Å². The zero-order valence-corrected chi connectivity index (χ0v) is 18.5. The summed E-state index contributed by atoms with van der Waals surface area (Å²) >= 11 is -0.622. The molecule has 4 bridgehead atoms. The Balaban J connectivity index is 1.40. The summed E-state index contributed by atoms with van der Waals surface area (Å²) in [4.78, 5) is 24.8. The van der Waals surface area contributed by atoms with Crippen molar-refractivity contribution in [2.45, 2.75) is 82.0 Å². The summed E-state index contributed by atoms with van der Waals surface area (Å²) < 4.78 is 42.4. The van der Waals surface area contributed by atoms with Crippen molar-refractivity contribution in [2.24, 2.45) is 29.1 Å². The van der Waals surface area contributed by atoms with Crippen molar-refractivity contribution >= 4 is 24.0 Å². The van der Waals surface area contributed by atoms with Crippen molar-refractivity contribution in [2.75, 3.05) is 6.61 Å². The molecular formula is C21H30F2O7S. The lowest BCUT2D eigenvalue weighted by atomic mass is 9.48. The Hall–Kier alpha value is -0.970. The van der Waals surface area contributed by atoms with Crippen molar-refractivity contribution in [3.05, 3.63) is 0 Å². The van der Waals surface area contributed by atoms with Crippen molar-refractivity contribution in [1.82, 2.24) is 0 Å². The van der Waals surface area contributed by atoms with Crippen LogP contribution in [0.3, 0.4) is 0 Å². The highest BCUT2D eigenvalue weighted by molar-refractivity contribution is 7.96. The van der Waals surface area contributed by atoms with Crippen LogP contribution in [0.1, 0.15) is 71.1 Å². The van der Waals surface area contributed by atoms with Gasteiger partial charge in [0.05, 0.1) is 12.5 Å². The van der Waals surface area contributed by atoms with Crippen molar-refractivity contribution in [1.29, 1.82) is 0 Å². The van der Waals surface area contributed by atoms with Crippen molar-refractivity contribution in [3.8, 4) is 0 Å². The van der Waals surface area contributed by atoms with Crippen LogP contribution in [0.5, 0.6) is 0 Å². The Kier molecular flexibility index (Phi) is 6.55. The van der Waals surface area contributed by atoms with Gasteiger partial charge < -0.3 is 9.47 Å². The maximum atomic E-state index is 13.7. The van der Waals surface area contributed by atoms with Crippen LogP contribution in [-0.2, 0) is 28.4 Å². The quantitative estimate of drug-likeness (QED) is 0.235. The van der Waals surface area contributed by atoms with E-state index in [1.54, 1.807) is 0 Å². The number of alkyl halides is 2. The highest BCUT2D eigenvalue weighted by atomic mass is 32.2. The molecule has 5 fully saturated rings. The van der Waals surface area contributed by atoms with Gasteiger partial charge in [-0.2, -0.15) is 8.78 Å². The largest absolute Gasteiger partial charge is 0.460 e. The molecule has 1 N–H and O–H groups in total. The Morgan fingerprint density at radius 1 is 1.10 bits per heavy atom. The first-order valence-corrected chi connectivity index (χ1v) is 11.8. The lowest BCUT2D eigenvalue weighted by molar-refractivity contribution is -0.433. The SMILES string of the molecule is CC1CCC(C(=O)OC23CC4CC(CC(COC(=O)C(F)(F)SOOO)(C4)C2)C3)CC1. The van der Waals surface area contributed by atoms with Gasteiger partial charge in [0, 0.05) is 5.41 Å². The summed E-state index contributed by atoms with van der Waals surface area (Å²) in [6.45, 7) is 2.06. The van der Waals surface area contributed by atoms with Crippen LogP contribution in [0.4, 0.5) is 8.78 Å². The van der Waals surface area contributed by atoms with E-state index in [4.69, 9.17) is 14.7 Å². The third-order valence-electron chi connectivity index (χ3n) is 7.71. The molecule has 10 heteroatoms. The van der Waals surface area contributed by atoms with Crippen LogP contribution in [0.2, 0.25) is 0 Å². The molecule has 31 heavy (non-hydrogen) atoms. The average molecular weight is 465 g/mol. The Morgan fingerprint density at radius 3 is 2.35 bits per heavy atom. The second kappa shape index (κ2) is 8.76. The number of rotatable bonds is 8. The normalized spacial score (nSPS) is 39.4. The zero-order valence-electron chi connectivity index (χ0n) is 17.6. The monoisotopic (exact) mass is 464 g/mol. The lowest BCUT2D eigenvalue weighted by Crippen LogP contribution is -2.59. The fourth-order valence-electron chi connectivity index (χ4n) is 6.84. The molecule has 5 saturated carbocycles. The maximum absolute atomic E-state index is 13.7. The second-order valence-electron chi connectivity index (χ2n) is 10.3. The first-order valence-electron chi connectivity index (χ1n) is 11.1. The first-order chi connectivity index (χ1) is 14.6. The third-order valence-corrected chi connectivity index (χ3v) is 8.22. The van der Waals surface area contributed by atoms with E-state index in [9.17, 15) is 18.4 Å². The van der Waals surface area contributed by atoms with Crippen molar-refractivity contribution in [3.63, 3.8) is 0 Å². The highest BCUT2D eigenvalue weighted by Gasteiger charge is 2.60. The van der Waals surface area contributed by atoms with E-state index in [-0.39, 0.29) is 18.5 Å². The molecule has 0 aliphatic heterocycles. The van der Waals surface area contributed by atoms with Crippen LogP contribution in [0.15, 0.2) is 0 Å². The second-order valence-corrected chi connectivity index (χ2v) is 11.2. The van der Waals surface area contributed by atoms with E-state index in [2.05, 4.69) is 16.3 Å². The highest BCUT2D eigenvalue weighted by Crippen LogP contribution is 2.63. The summed E-state index contributed by atoms with van der Waals surface area (Å²) in [6, 6.07) is 0. The summed E-state index contributed by atoms with van der Waals surface area (Å²) in [5.41, 5.74) is -1.02. The minimum absolute atomic E-state index is 0.0533. The molecular weight excluding hydrogens is 434 g/mol. The molecule has 0 saturated heterocycles. The summed E-state index contributed by atoms with van der Waals surface area (Å²) in [7, 11) is 0. The standard InChI is InChI=1S/C21H30F2O7S/c1-13-2-4-16(5-3-13)17(24)28-20-9-14-6-15(10-20)8-19(7-14,11-20)12-27-18(25)21(22,23)31-30-29-26/h13-16,26H,2-12H2,1H3. The topological polar surface area (TPSA) is 91.3 Å². The number of carbonyl (C=O) groups excluding carboxylic acids is 2. The summed E-state index contributed by atoms with van der Waals surface area (Å²) in [6.07, 6.45) is 8.57. The van der Waals surface area contributed by atoms with E-state index in [1.165, 1.54) is 0 Å². The van der Waals surface area contributed by atoms with E-state index < -0.39 is 34.3 Å². The van der Waals surface area contributed by atoms with Crippen LogP contribution in [-0.4, -0.2) is 34.7 Å². The van der Waals surface area contributed by atoms with E-state index in [0.717, 1.165) is 57.8 Å². The average Bonchev–Trinajstić information content (AvgIpc) is 2.69. The summed E-state index contributed by atoms with van der Waals surface area (Å²) in [5, 5.41) is 7.16. The Labute approximate surface area is 184 Å². The molecule has 0 radical (unpaired) electrons. The minimum atomic E-state index is -4.01. The molecule has 176 valence electrons. The predicted octanol–water partition coefficient (Wildman–Crippen LogP) is 4.90. The van der Waals surface area contributed by atoms with Gasteiger partial charge >= 0.3 is 17.2 Å². The van der Waals surface area contributed by atoms with Gasteiger partial charge in [0.2, 0.25) is 0 Å². The molecule has 5 aliphatic rings. The predicted molar refractivity (Wildman–Crippen MR) is 105 cm³/mol. The molecule has 2 unspecified atom stereocenters.